The van der Waals surface area contributed by atoms with Crippen molar-refractivity contribution in [2.24, 2.45) is 5.92 Å². The van der Waals surface area contributed by atoms with Crippen LogP contribution in [-0.4, -0.2) is 23.3 Å². The second-order valence-electron chi connectivity index (χ2n) is 4.18. The molecule has 1 heterocycles. The quantitative estimate of drug-likeness (QED) is 0.613. The average molecular weight is 242 g/mol. The van der Waals surface area contributed by atoms with E-state index in [-0.39, 0.29) is 0 Å². The third-order valence-corrected chi connectivity index (χ3v) is 4.86. The van der Waals surface area contributed by atoms with Gasteiger partial charge in [-0.15, -0.1) is 11.3 Å². The number of thioether (sulfide) groups is 1. The standard InChI is InChI=1S/C11H18N2S2/c1-8-7-15-11(13-8)14-6-5-12-9(2)10-3-4-10/h7,9-10,12H,3-6H2,1-2H3. The van der Waals surface area contributed by atoms with Crippen molar-refractivity contribution in [3.05, 3.63) is 11.1 Å². The van der Waals surface area contributed by atoms with E-state index in [1.165, 1.54) is 17.2 Å². The predicted molar refractivity (Wildman–Crippen MR) is 67.8 cm³/mol. The van der Waals surface area contributed by atoms with Crippen molar-refractivity contribution in [3.8, 4) is 0 Å². The van der Waals surface area contributed by atoms with E-state index >= 15 is 0 Å². The molecule has 1 fully saturated rings. The number of thiazole rings is 1. The van der Waals surface area contributed by atoms with Crippen LogP contribution in [0.4, 0.5) is 0 Å². The molecule has 0 aromatic carbocycles. The number of hydrogen-bond acceptors (Lipinski definition) is 4. The molecule has 2 rings (SSSR count). The van der Waals surface area contributed by atoms with Crippen molar-refractivity contribution < 1.29 is 0 Å². The van der Waals surface area contributed by atoms with E-state index in [1.54, 1.807) is 11.3 Å². The van der Waals surface area contributed by atoms with Gasteiger partial charge in [0.1, 0.15) is 4.34 Å². The summed E-state index contributed by atoms with van der Waals surface area (Å²) in [6.07, 6.45) is 2.85. The lowest BCUT2D eigenvalue weighted by Crippen LogP contribution is -2.29. The fraction of sp³-hybridized carbons (Fsp3) is 0.727. The molecular weight excluding hydrogens is 224 g/mol. The van der Waals surface area contributed by atoms with Crippen molar-refractivity contribution in [1.82, 2.24) is 10.3 Å². The zero-order valence-electron chi connectivity index (χ0n) is 9.32. The van der Waals surface area contributed by atoms with Crippen molar-refractivity contribution in [2.45, 2.75) is 37.1 Å². The molecular formula is C11H18N2S2. The summed E-state index contributed by atoms with van der Waals surface area (Å²) < 4.78 is 1.20. The van der Waals surface area contributed by atoms with Crippen molar-refractivity contribution in [1.29, 1.82) is 0 Å². The Morgan fingerprint density at radius 3 is 3.07 bits per heavy atom. The summed E-state index contributed by atoms with van der Waals surface area (Å²) in [5.74, 6) is 2.08. The first-order valence-corrected chi connectivity index (χ1v) is 7.40. The topological polar surface area (TPSA) is 24.9 Å². The Morgan fingerprint density at radius 1 is 1.67 bits per heavy atom. The molecule has 1 aromatic rings. The maximum atomic E-state index is 4.43. The van der Waals surface area contributed by atoms with E-state index in [9.17, 15) is 0 Å². The largest absolute Gasteiger partial charge is 0.313 e. The second-order valence-corrected chi connectivity index (χ2v) is 6.38. The van der Waals surface area contributed by atoms with Gasteiger partial charge in [0.2, 0.25) is 0 Å². The molecule has 4 heteroatoms. The highest BCUT2D eigenvalue weighted by Gasteiger charge is 2.27. The minimum absolute atomic E-state index is 0.712. The monoisotopic (exact) mass is 242 g/mol. The Labute approximate surface area is 99.9 Å². The van der Waals surface area contributed by atoms with Crippen LogP contribution < -0.4 is 5.32 Å². The molecule has 1 aliphatic rings. The fourth-order valence-electron chi connectivity index (χ4n) is 1.59. The molecule has 1 N–H and O–H groups in total. The number of nitrogens with one attached hydrogen (secondary N) is 1. The lowest BCUT2D eigenvalue weighted by atomic mass is 10.2. The van der Waals surface area contributed by atoms with Crippen LogP contribution in [-0.2, 0) is 0 Å². The van der Waals surface area contributed by atoms with Gasteiger partial charge in [0.25, 0.3) is 0 Å². The Bertz CT molecular complexity index is 307. The van der Waals surface area contributed by atoms with Gasteiger partial charge >= 0.3 is 0 Å². The number of aromatic nitrogens is 1. The minimum Gasteiger partial charge on any atom is -0.313 e. The molecule has 84 valence electrons. The summed E-state index contributed by atoms with van der Waals surface area (Å²) >= 11 is 3.61. The van der Waals surface area contributed by atoms with E-state index in [0.717, 1.165) is 23.9 Å². The van der Waals surface area contributed by atoms with Crippen LogP contribution >= 0.6 is 23.1 Å². The third-order valence-electron chi connectivity index (χ3n) is 2.72. The minimum atomic E-state index is 0.712. The molecule has 1 atom stereocenters. The Morgan fingerprint density at radius 2 is 2.47 bits per heavy atom. The van der Waals surface area contributed by atoms with E-state index < -0.39 is 0 Å². The molecule has 1 aliphatic carbocycles. The maximum Gasteiger partial charge on any atom is 0.150 e. The molecule has 0 amide bonds. The van der Waals surface area contributed by atoms with Crippen molar-refractivity contribution in [3.63, 3.8) is 0 Å². The average Bonchev–Trinajstić information content (AvgIpc) is 2.98. The first-order chi connectivity index (χ1) is 7.25. The highest BCUT2D eigenvalue weighted by Crippen LogP contribution is 2.32. The molecule has 0 aliphatic heterocycles. The summed E-state index contributed by atoms with van der Waals surface area (Å²) in [4.78, 5) is 4.43. The van der Waals surface area contributed by atoms with Gasteiger partial charge in [-0.25, -0.2) is 4.98 Å². The summed E-state index contributed by atoms with van der Waals surface area (Å²) in [6.45, 7) is 5.45. The highest BCUT2D eigenvalue weighted by molar-refractivity contribution is 8.01. The summed E-state index contributed by atoms with van der Waals surface area (Å²) in [7, 11) is 0. The number of hydrogen-bond donors (Lipinski definition) is 1. The van der Waals surface area contributed by atoms with Gasteiger partial charge in [-0.3, -0.25) is 0 Å². The van der Waals surface area contributed by atoms with Gasteiger partial charge in [-0.2, -0.15) is 0 Å². The summed E-state index contributed by atoms with van der Waals surface area (Å²) in [5, 5.41) is 5.69. The van der Waals surface area contributed by atoms with Crippen LogP contribution in [0.5, 0.6) is 0 Å². The van der Waals surface area contributed by atoms with Crippen LogP contribution in [0.3, 0.4) is 0 Å². The molecule has 0 bridgehead atoms. The smallest absolute Gasteiger partial charge is 0.150 e. The van der Waals surface area contributed by atoms with Gasteiger partial charge < -0.3 is 5.32 Å². The first-order valence-electron chi connectivity index (χ1n) is 5.54. The molecule has 0 spiro atoms. The zero-order chi connectivity index (χ0) is 10.7. The first kappa shape index (κ1) is 11.4. The van der Waals surface area contributed by atoms with Gasteiger partial charge in [0, 0.05) is 29.4 Å². The zero-order valence-corrected chi connectivity index (χ0v) is 11.0. The molecule has 1 saturated carbocycles. The van der Waals surface area contributed by atoms with Gasteiger partial charge in [-0.05, 0) is 32.6 Å². The predicted octanol–water partition coefficient (Wildman–Crippen LogP) is 2.93. The van der Waals surface area contributed by atoms with Crippen molar-refractivity contribution >= 4 is 23.1 Å². The molecule has 1 unspecified atom stereocenters. The SMILES string of the molecule is Cc1csc(SCCNC(C)C2CC2)n1. The van der Waals surface area contributed by atoms with E-state index in [4.69, 9.17) is 0 Å². The molecule has 1 aromatic heterocycles. The van der Waals surface area contributed by atoms with Crippen LogP contribution in [0.1, 0.15) is 25.5 Å². The molecule has 15 heavy (non-hydrogen) atoms. The van der Waals surface area contributed by atoms with Crippen LogP contribution in [0.25, 0.3) is 0 Å². The Kier molecular flexibility index (Phi) is 4.05. The normalized spacial score (nSPS) is 18.0. The molecule has 0 radical (unpaired) electrons. The van der Waals surface area contributed by atoms with Crippen LogP contribution in [0, 0.1) is 12.8 Å². The Hall–Kier alpha value is -0.0600. The Balaban J connectivity index is 1.58. The van der Waals surface area contributed by atoms with Crippen molar-refractivity contribution in [2.75, 3.05) is 12.3 Å². The summed E-state index contributed by atoms with van der Waals surface area (Å²) in [5.41, 5.74) is 1.14. The number of aryl methyl sites for hydroxylation is 1. The van der Waals surface area contributed by atoms with E-state index in [2.05, 4.69) is 22.6 Å². The summed E-state index contributed by atoms with van der Waals surface area (Å²) in [6, 6.07) is 0.712. The molecule has 2 nitrogen and oxygen atoms in total. The van der Waals surface area contributed by atoms with Crippen LogP contribution in [0.2, 0.25) is 0 Å². The fourth-order valence-corrected chi connectivity index (χ4v) is 3.38. The van der Waals surface area contributed by atoms with E-state index in [0.29, 0.717) is 6.04 Å². The number of nitrogens with zero attached hydrogens (tertiary/aromatic N) is 1. The lowest BCUT2D eigenvalue weighted by Gasteiger charge is -2.11. The third kappa shape index (κ3) is 3.78. The maximum absolute atomic E-state index is 4.43. The van der Waals surface area contributed by atoms with Crippen LogP contribution in [0.15, 0.2) is 9.72 Å². The van der Waals surface area contributed by atoms with Gasteiger partial charge in [-0.1, -0.05) is 11.8 Å². The highest BCUT2D eigenvalue weighted by atomic mass is 32.2. The second kappa shape index (κ2) is 5.32. The van der Waals surface area contributed by atoms with Gasteiger partial charge in [0.05, 0.1) is 0 Å². The molecule has 0 saturated heterocycles. The van der Waals surface area contributed by atoms with Gasteiger partial charge in [0.15, 0.2) is 0 Å². The lowest BCUT2D eigenvalue weighted by molar-refractivity contribution is 0.514. The number of rotatable bonds is 6. The van der Waals surface area contributed by atoms with E-state index in [1.807, 2.05) is 18.7 Å².